The quantitative estimate of drug-likeness (QED) is 0.829. The summed E-state index contributed by atoms with van der Waals surface area (Å²) in [5.74, 6) is 0.841. The van der Waals surface area contributed by atoms with Crippen LogP contribution >= 0.6 is 15.9 Å². The van der Waals surface area contributed by atoms with Gasteiger partial charge in [0.15, 0.2) is 0 Å². The van der Waals surface area contributed by atoms with Crippen molar-refractivity contribution in [2.45, 2.75) is 6.10 Å². The molecule has 1 aliphatic heterocycles. The summed E-state index contributed by atoms with van der Waals surface area (Å²) < 4.78 is 6.47. The Morgan fingerprint density at radius 1 is 1.67 bits per heavy atom. The summed E-state index contributed by atoms with van der Waals surface area (Å²) >= 11 is 3.36. The van der Waals surface area contributed by atoms with E-state index in [1.54, 1.807) is 12.4 Å². The molecule has 63 valence electrons. The minimum atomic E-state index is 0.198. The summed E-state index contributed by atoms with van der Waals surface area (Å²) in [5, 5.41) is 3.02. The molecule has 2 heterocycles. The molecule has 0 spiro atoms. The Morgan fingerprint density at radius 2 is 2.50 bits per heavy atom. The molecule has 1 fully saturated rings. The first kappa shape index (κ1) is 8.01. The smallest absolute Gasteiger partial charge is 0.137 e. The van der Waals surface area contributed by atoms with E-state index in [0.717, 1.165) is 16.8 Å². The molecule has 1 atom stereocenters. The molecule has 1 radical (unpaired) electrons. The molecule has 1 aromatic rings. The van der Waals surface area contributed by atoms with Gasteiger partial charge in [0.2, 0.25) is 0 Å². The second kappa shape index (κ2) is 3.41. The summed E-state index contributed by atoms with van der Waals surface area (Å²) in [6.07, 6.45) is 3.64. The van der Waals surface area contributed by atoms with E-state index in [9.17, 15) is 0 Å². The van der Waals surface area contributed by atoms with E-state index in [1.807, 2.05) is 12.6 Å². The average molecular weight is 228 g/mol. The van der Waals surface area contributed by atoms with Gasteiger partial charge in [0.25, 0.3) is 0 Å². The molecular formula is C8H8BrN2O. The highest BCUT2D eigenvalue weighted by molar-refractivity contribution is 9.10. The predicted octanol–water partition coefficient (Wildman–Crippen LogP) is 1.36. The van der Waals surface area contributed by atoms with Crippen molar-refractivity contribution >= 4 is 15.9 Å². The van der Waals surface area contributed by atoms with Gasteiger partial charge < -0.3 is 10.1 Å². The van der Waals surface area contributed by atoms with Crippen molar-refractivity contribution < 1.29 is 4.74 Å². The Bertz CT molecular complexity index is 276. The predicted molar refractivity (Wildman–Crippen MR) is 48.7 cm³/mol. The van der Waals surface area contributed by atoms with Crippen LogP contribution in [0.25, 0.3) is 0 Å². The van der Waals surface area contributed by atoms with Gasteiger partial charge in [-0.15, -0.1) is 0 Å². The second-order valence-corrected chi connectivity index (χ2v) is 3.39. The largest absolute Gasteiger partial charge is 0.486 e. The molecule has 1 N–H and O–H groups in total. The molecule has 0 aromatic carbocycles. The Balaban J connectivity index is 2.06. The first-order chi connectivity index (χ1) is 5.86. The van der Waals surface area contributed by atoms with Crippen molar-refractivity contribution in [2.75, 3.05) is 6.54 Å². The van der Waals surface area contributed by atoms with Crippen LogP contribution in [0.5, 0.6) is 5.75 Å². The molecule has 4 heteroatoms. The van der Waals surface area contributed by atoms with Crippen LogP contribution in [0.2, 0.25) is 0 Å². The van der Waals surface area contributed by atoms with E-state index in [4.69, 9.17) is 4.74 Å². The Morgan fingerprint density at radius 3 is 3.08 bits per heavy atom. The maximum atomic E-state index is 5.58. The van der Waals surface area contributed by atoms with Gasteiger partial charge in [-0.3, -0.25) is 4.98 Å². The van der Waals surface area contributed by atoms with Gasteiger partial charge in [-0.05, 0) is 22.0 Å². The van der Waals surface area contributed by atoms with Crippen LogP contribution < -0.4 is 10.1 Å². The molecule has 3 nitrogen and oxygen atoms in total. The lowest BCUT2D eigenvalue weighted by molar-refractivity contribution is 0.177. The van der Waals surface area contributed by atoms with E-state index in [1.165, 1.54) is 0 Å². The number of aromatic nitrogens is 1. The molecular weight excluding hydrogens is 220 g/mol. The molecule has 0 aliphatic carbocycles. The third-order valence-electron chi connectivity index (χ3n) is 1.64. The number of nitrogens with one attached hydrogen (secondary N) is 1. The van der Waals surface area contributed by atoms with Crippen LogP contribution in [-0.2, 0) is 0 Å². The van der Waals surface area contributed by atoms with Crippen LogP contribution in [0.3, 0.4) is 0 Å². The van der Waals surface area contributed by atoms with E-state index in [0.29, 0.717) is 0 Å². The number of pyridine rings is 1. The van der Waals surface area contributed by atoms with Crippen molar-refractivity contribution in [1.29, 1.82) is 0 Å². The van der Waals surface area contributed by atoms with E-state index in [2.05, 4.69) is 26.2 Å². The normalized spacial score (nSPS) is 17.1. The van der Waals surface area contributed by atoms with Crippen molar-refractivity contribution in [3.8, 4) is 5.75 Å². The fourth-order valence-corrected chi connectivity index (χ4v) is 1.25. The van der Waals surface area contributed by atoms with Gasteiger partial charge in [-0.25, -0.2) is 0 Å². The Labute approximate surface area is 79.3 Å². The maximum Gasteiger partial charge on any atom is 0.137 e. The summed E-state index contributed by atoms with van der Waals surface area (Å²) in [5.41, 5.74) is 0. The molecule has 1 aliphatic rings. The summed E-state index contributed by atoms with van der Waals surface area (Å²) in [4.78, 5) is 3.94. The average Bonchev–Trinajstić information content (AvgIpc) is 2.00. The van der Waals surface area contributed by atoms with Crippen LogP contribution in [-0.4, -0.2) is 17.6 Å². The number of rotatable bonds is 2. The lowest BCUT2D eigenvalue weighted by Crippen LogP contribution is -2.45. The molecule has 1 unspecified atom stereocenters. The first-order valence-electron chi connectivity index (χ1n) is 3.69. The third kappa shape index (κ3) is 1.59. The lowest BCUT2D eigenvalue weighted by Gasteiger charge is -2.27. The summed E-state index contributed by atoms with van der Waals surface area (Å²) in [6.45, 7) is 2.81. The summed E-state index contributed by atoms with van der Waals surface area (Å²) in [6, 6.07) is 1.84. The molecule has 2 rings (SSSR count). The van der Waals surface area contributed by atoms with Crippen molar-refractivity contribution in [2.24, 2.45) is 0 Å². The highest BCUT2D eigenvalue weighted by Gasteiger charge is 2.19. The molecule has 1 aromatic heterocycles. The number of hydrogen-bond acceptors (Lipinski definition) is 3. The molecule has 0 amide bonds. The number of nitrogens with zero attached hydrogens (tertiary/aromatic N) is 1. The lowest BCUT2D eigenvalue weighted by atomic mass is 10.2. The monoisotopic (exact) mass is 227 g/mol. The summed E-state index contributed by atoms with van der Waals surface area (Å²) in [7, 11) is 0. The SMILES string of the molecule is Brc1cnccc1OC1[CH]NC1. The maximum absolute atomic E-state index is 5.58. The van der Waals surface area contributed by atoms with E-state index in [-0.39, 0.29) is 6.10 Å². The van der Waals surface area contributed by atoms with Gasteiger partial charge in [-0.2, -0.15) is 0 Å². The van der Waals surface area contributed by atoms with Crippen LogP contribution in [0.1, 0.15) is 0 Å². The molecule has 0 saturated carbocycles. The fraction of sp³-hybridized carbons (Fsp3) is 0.250. The van der Waals surface area contributed by atoms with Crippen molar-refractivity contribution in [1.82, 2.24) is 10.3 Å². The van der Waals surface area contributed by atoms with Crippen molar-refractivity contribution in [3.05, 3.63) is 29.5 Å². The molecule has 0 bridgehead atoms. The zero-order valence-corrected chi connectivity index (χ0v) is 7.91. The molecule has 12 heavy (non-hydrogen) atoms. The minimum absolute atomic E-state index is 0.198. The number of ether oxygens (including phenoxy) is 1. The van der Waals surface area contributed by atoms with Gasteiger partial charge in [-0.1, -0.05) is 0 Å². The van der Waals surface area contributed by atoms with Gasteiger partial charge in [0.1, 0.15) is 11.9 Å². The van der Waals surface area contributed by atoms with Gasteiger partial charge in [0.05, 0.1) is 11.0 Å². The highest BCUT2D eigenvalue weighted by Crippen LogP contribution is 2.24. The van der Waals surface area contributed by atoms with E-state index >= 15 is 0 Å². The fourth-order valence-electron chi connectivity index (χ4n) is 0.911. The zero-order chi connectivity index (χ0) is 8.39. The Kier molecular flexibility index (Phi) is 2.28. The highest BCUT2D eigenvalue weighted by atomic mass is 79.9. The van der Waals surface area contributed by atoms with Crippen LogP contribution in [0.15, 0.2) is 22.9 Å². The zero-order valence-electron chi connectivity index (χ0n) is 6.33. The van der Waals surface area contributed by atoms with Crippen LogP contribution in [0.4, 0.5) is 0 Å². The van der Waals surface area contributed by atoms with Crippen molar-refractivity contribution in [3.63, 3.8) is 0 Å². The topological polar surface area (TPSA) is 34.1 Å². The number of halogens is 1. The van der Waals surface area contributed by atoms with E-state index < -0.39 is 0 Å². The number of hydrogen-bond donors (Lipinski definition) is 1. The third-order valence-corrected chi connectivity index (χ3v) is 2.23. The second-order valence-electron chi connectivity index (χ2n) is 2.54. The standard InChI is InChI=1S/C8H8BrN2O/c9-7-5-10-2-1-8(7)12-6-3-11-4-6/h1-3,5-6,11H,4H2. The minimum Gasteiger partial charge on any atom is -0.486 e. The first-order valence-corrected chi connectivity index (χ1v) is 4.48. The Hall–Kier alpha value is -0.610. The van der Waals surface area contributed by atoms with Crippen LogP contribution in [0, 0.1) is 6.54 Å². The molecule has 1 saturated heterocycles. The van der Waals surface area contributed by atoms with Gasteiger partial charge in [0, 0.05) is 18.9 Å². The van der Waals surface area contributed by atoms with Gasteiger partial charge >= 0.3 is 0 Å².